The SMILES string of the molecule is CCCCCC(C(O)CC=CCC(=O)OCC(COC(=O)CC=CCC(O)C(CCCCC)[N+](C)(C)C)OC(=O)CC=CCC(O)C(CCCCC)[N+](C)(C)C)[N+](C)(C)C. The Morgan fingerprint density at radius 1 is 0.450 bits per heavy atom. The lowest BCUT2D eigenvalue weighted by Crippen LogP contribution is -2.51. The minimum atomic E-state index is -1.02. The van der Waals surface area contributed by atoms with Gasteiger partial charge in [-0.3, -0.25) is 14.4 Å². The van der Waals surface area contributed by atoms with E-state index < -0.39 is 42.3 Å². The molecular formula is C48H92N3O9+3. The Balaban J connectivity index is 5.49. The van der Waals surface area contributed by atoms with E-state index >= 15 is 0 Å². The van der Waals surface area contributed by atoms with Crippen molar-refractivity contribution in [1.29, 1.82) is 0 Å². The van der Waals surface area contributed by atoms with E-state index in [4.69, 9.17) is 14.2 Å². The van der Waals surface area contributed by atoms with Crippen molar-refractivity contribution in [2.45, 2.75) is 179 Å². The molecular weight excluding hydrogens is 763 g/mol. The van der Waals surface area contributed by atoms with Crippen molar-refractivity contribution in [2.75, 3.05) is 76.6 Å². The maximum atomic E-state index is 12.9. The van der Waals surface area contributed by atoms with Crippen molar-refractivity contribution in [2.24, 2.45) is 0 Å². The van der Waals surface area contributed by atoms with Crippen molar-refractivity contribution in [3.05, 3.63) is 36.5 Å². The molecule has 350 valence electrons. The molecule has 0 saturated carbocycles. The first-order valence-corrected chi connectivity index (χ1v) is 23.0. The quantitative estimate of drug-likeness (QED) is 0.0202. The molecule has 60 heavy (non-hydrogen) atoms. The first kappa shape index (κ1) is 57.4. The monoisotopic (exact) mass is 855 g/mol. The third-order valence-electron chi connectivity index (χ3n) is 11.3. The number of likely N-dealkylation sites (N-methyl/N-ethyl adjacent to an activating group) is 3. The average Bonchev–Trinajstić information content (AvgIpc) is 3.15. The second-order valence-electron chi connectivity index (χ2n) is 19.5. The van der Waals surface area contributed by atoms with Gasteiger partial charge in [-0.05, 0) is 38.5 Å². The Hall–Kier alpha value is -2.61. The summed E-state index contributed by atoms with van der Waals surface area (Å²) >= 11 is 0. The molecule has 12 nitrogen and oxygen atoms in total. The fourth-order valence-electron chi connectivity index (χ4n) is 7.65. The predicted molar refractivity (Wildman–Crippen MR) is 243 cm³/mol. The van der Waals surface area contributed by atoms with Gasteiger partial charge in [-0.25, -0.2) is 0 Å². The summed E-state index contributed by atoms with van der Waals surface area (Å²) in [4.78, 5) is 38.4. The van der Waals surface area contributed by atoms with Crippen LogP contribution in [0.4, 0.5) is 0 Å². The fourth-order valence-corrected chi connectivity index (χ4v) is 7.65. The maximum Gasteiger partial charge on any atom is 0.310 e. The number of aliphatic hydroxyl groups excluding tert-OH is 3. The zero-order chi connectivity index (χ0) is 45.8. The molecule has 0 bridgehead atoms. The second-order valence-corrected chi connectivity index (χ2v) is 19.5. The molecule has 0 spiro atoms. The molecule has 3 N–H and O–H groups in total. The number of rotatable bonds is 35. The summed E-state index contributed by atoms with van der Waals surface area (Å²) in [7, 11) is 18.7. The van der Waals surface area contributed by atoms with E-state index in [0.29, 0.717) is 32.7 Å². The Morgan fingerprint density at radius 3 is 1.00 bits per heavy atom. The van der Waals surface area contributed by atoms with Gasteiger partial charge in [0.05, 0.1) is 82.7 Å². The molecule has 0 aromatic rings. The van der Waals surface area contributed by atoms with Crippen LogP contribution in [0.15, 0.2) is 36.5 Å². The van der Waals surface area contributed by atoms with Gasteiger partial charge in [-0.1, -0.05) is 95.8 Å². The molecule has 0 radical (unpaired) electrons. The minimum absolute atomic E-state index is 0.0277. The van der Waals surface area contributed by atoms with Crippen LogP contribution in [0.5, 0.6) is 0 Å². The number of esters is 3. The minimum Gasteiger partial charge on any atom is -0.461 e. The summed E-state index contributed by atoms with van der Waals surface area (Å²) in [6.07, 6.45) is 21.4. The summed E-state index contributed by atoms with van der Waals surface area (Å²) in [6, 6.07) is 0.208. The van der Waals surface area contributed by atoms with Crippen molar-refractivity contribution < 1.29 is 57.4 Å². The first-order chi connectivity index (χ1) is 28.1. The lowest BCUT2D eigenvalue weighted by molar-refractivity contribution is -0.900. The molecule has 0 heterocycles. The highest BCUT2D eigenvalue weighted by Crippen LogP contribution is 2.21. The van der Waals surface area contributed by atoms with E-state index in [0.717, 1.165) is 77.0 Å². The Labute approximate surface area is 366 Å². The van der Waals surface area contributed by atoms with Crippen LogP contribution in [-0.4, -0.2) is 166 Å². The van der Waals surface area contributed by atoms with Crippen LogP contribution < -0.4 is 0 Å². The van der Waals surface area contributed by atoms with Gasteiger partial charge in [0.1, 0.15) is 49.7 Å². The van der Waals surface area contributed by atoms with Crippen LogP contribution >= 0.6 is 0 Å². The highest BCUT2D eigenvalue weighted by atomic mass is 16.6. The first-order valence-electron chi connectivity index (χ1n) is 23.0. The van der Waals surface area contributed by atoms with E-state index in [-0.39, 0.29) is 50.6 Å². The van der Waals surface area contributed by atoms with E-state index in [2.05, 4.69) is 84.2 Å². The van der Waals surface area contributed by atoms with Gasteiger partial charge in [0.15, 0.2) is 6.10 Å². The third kappa shape index (κ3) is 27.4. The van der Waals surface area contributed by atoms with Crippen molar-refractivity contribution >= 4 is 17.9 Å². The Bertz CT molecular complexity index is 1180. The Kier molecular flexibility index (Phi) is 29.9. The van der Waals surface area contributed by atoms with Gasteiger partial charge >= 0.3 is 17.9 Å². The third-order valence-corrected chi connectivity index (χ3v) is 11.3. The predicted octanol–water partition coefficient (Wildman–Crippen LogP) is 7.04. The average molecular weight is 855 g/mol. The fraction of sp³-hybridized carbons (Fsp3) is 0.812. The van der Waals surface area contributed by atoms with Crippen LogP contribution in [0.1, 0.15) is 136 Å². The van der Waals surface area contributed by atoms with Crippen LogP contribution in [0.3, 0.4) is 0 Å². The van der Waals surface area contributed by atoms with Crippen LogP contribution in [0, 0.1) is 0 Å². The number of aliphatic hydroxyl groups is 3. The molecule has 0 aliphatic heterocycles. The highest BCUT2D eigenvalue weighted by Gasteiger charge is 2.32. The van der Waals surface area contributed by atoms with Gasteiger partial charge in [0, 0.05) is 19.3 Å². The summed E-state index contributed by atoms with van der Waals surface area (Å²) in [6.45, 7) is 5.88. The van der Waals surface area contributed by atoms with Crippen LogP contribution in [-0.2, 0) is 28.6 Å². The van der Waals surface area contributed by atoms with E-state index in [1.807, 2.05) is 0 Å². The zero-order valence-corrected chi connectivity index (χ0v) is 40.3. The molecule has 0 aromatic carbocycles. The number of unbranched alkanes of at least 4 members (excludes halogenated alkanes) is 6. The smallest absolute Gasteiger partial charge is 0.310 e. The highest BCUT2D eigenvalue weighted by molar-refractivity contribution is 5.73. The molecule has 0 fully saturated rings. The molecule has 0 saturated heterocycles. The number of hydrogen-bond acceptors (Lipinski definition) is 9. The van der Waals surface area contributed by atoms with Crippen LogP contribution in [0.25, 0.3) is 0 Å². The lowest BCUT2D eigenvalue weighted by Gasteiger charge is -2.37. The number of carbonyl (C=O) groups is 3. The Morgan fingerprint density at radius 2 is 0.733 bits per heavy atom. The molecule has 6 unspecified atom stereocenters. The standard InChI is InChI=1S/C48H92N3O9/c1-13-16-19-28-40(49(4,5)6)43(52)31-22-25-34-46(55)58-37-39(60-48(57)36-27-24-33-45(54)42(51(10,11)12)30-21-18-15-3)38-59-47(56)35-26-23-32-44(53)41(50(7,8)9)29-20-17-14-2/h22-27,39-45,52-54H,13-21,28-38H2,1-12H3/q+3. The van der Waals surface area contributed by atoms with Gasteiger partial charge < -0.3 is 43.0 Å². The number of ether oxygens (including phenoxy) is 3. The van der Waals surface area contributed by atoms with Crippen molar-refractivity contribution in [3.8, 4) is 0 Å². The molecule has 0 aliphatic carbocycles. The normalized spacial score (nSPS) is 16.4. The van der Waals surface area contributed by atoms with Crippen molar-refractivity contribution in [1.82, 2.24) is 0 Å². The molecule has 12 heteroatoms. The van der Waals surface area contributed by atoms with Crippen LogP contribution in [0.2, 0.25) is 0 Å². The molecule has 0 rings (SSSR count). The van der Waals surface area contributed by atoms with Gasteiger partial charge in [-0.15, -0.1) is 0 Å². The zero-order valence-electron chi connectivity index (χ0n) is 40.3. The molecule has 6 atom stereocenters. The lowest BCUT2D eigenvalue weighted by atomic mass is 9.98. The van der Waals surface area contributed by atoms with Gasteiger partial charge in [-0.2, -0.15) is 0 Å². The summed E-state index contributed by atoms with van der Waals surface area (Å²) in [5, 5.41) is 32.9. The van der Waals surface area contributed by atoms with E-state index in [9.17, 15) is 29.7 Å². The summed E-state index contributed by atoms with van der Waals surface area (Å²) in [5.74, 6) is -1.66. The van der Waals surface area contributed by atoms with E-state index in [1.165, 1.54) is 0 Å². The topological polar surface area (TPSA) is 140 Å². The second kappa shape index (κ2) is 31.3. The molecule has 0 aromatic heterocycles. The summed E-state index contributed by atoms with van der Waals surface area (Å²) < 4.78 is 18.5. The number of carbonyl (C=O) groups excluding carboxylic acids is 3. The number of hydrogen-bond donors (Lipinski definition) is 3. The van der Waals surface area contributed by atoms with Crippen molar-refractivity contribution in [3.63, 3.8) is 0 Å². The van der Waals surface area contributed by atoms with Gasteiger partial charge in [0.25, 0.3) is 0 Å². The van der Waals surface area contributed by atoms with E-state index in [1.54, 1.807) is 36.5 Å². The largest absolute Gasteiger partial charge is 0.461 e. The number of quaternary nitrogens is 3. The molecule has 0 aliphatic rings. The van der Waals surface area contributed by atoms with Gasteiger partial charge in [0.2, 0.25) is 0 Å². The summed E-state index contributed by atoms with van der Waals surface area (Å²) in [5.41, 5.74) is 0. The molecule has 0 amide bonds. The maximum absolute atomic E-state index is 12.9. The number of nitrogens with zero attached hydrogens (tertiary/aromatic N) is 3.